The molecule has 0 aliphatic heterocycles. The first-order chi connectivity index (χ1) is 8.83. The maximum Gasteiger partial charge on any atom is 0.0663 e. The smallest absolute Gasteiger partial charge is 0.0663 e. The topological polar surface area (TPSA) is 9.23 Å². The van der Waals surface area contributed by atoms with E-state index < -0.39 is 0 Å². The molecule has 2 aliphatic carbocycles. The summed E-state index contributed by atoms with van der Waals surface area (Å²) in [5, 5.41) is 0.321. The molecular weight excluding hydrogens is 256 g/mol. The van der Waals surface area contributed by atoms with Crippen LogP contribution in [0.2, 0.25) is 0 Å². The Balaban J connectivity index is 1.98. The molecule has 2 heteroatoms. The Morgan fingerprint density at radius 2 is 1.74 bits per heavy atom. The Morgan fingerprint density at radius 3 is 2.21 bits per heavy atom. The molecule has 0 aromatic carbocycles. The van der Waals surface area contributed by atoms with E-state index in [0.29, 0.717) is 23.0 Å². The minimum Gasteiger partial charge on any atom is -0.374 e. The van der Waals surface area contributed by atoms with E-state index in [1.54, 1.807) is 0 Å². The second kappa shape index (κ2) is 5.56. The first-order valence-electron chi connectivity index (χ1n) is 8.12. The number of ether oxygens (including phenoxy) is 1. The lowest BCUT2D eigenvalue weighted by Crippen LogP contribution is -2.56. The van der Waals surface area contributed by atoms with Crippen LogP contribution in [-0.2, 0) is 4.74 Å². The number of hydrogen-bond acceptors (Lipinski definition) is 1. The van der Waals surface area contributed by atoms with E-state index in [4.69, 9.17) is 16.3 Å². The third-order valence-corrected chi connectivity index (χ3v) is 6.32. The zero-order chi connectivity index (χ0) is 14.3. The van der Waals surface area contributed by atoms with Gasteiger partial charge in [0.25, 0.3) is 0 Å². The van der Waals surface area contributed by atoms with Crippen LogP contribution < -0.4 is 0 Å². The van der Waals surface area contributed by atoms with Crippen molar-refractivity contribution in [2.24, 2.45) is 16.7 Å². The Kier molecular flexibility index (Phi) is 4.58. The SMILES string of the molecule is CCC1(CC)C(Cl)CC1OC1CC(C)CC(C)(C)C1. The maximum atomic E-state index is 6.52. The number of rotatable bonds is 4. The summed E-state index contributed by atoms with van der Waals surface area (Å²) in [6.07, 6.45) is 7.97. The normalized spacial score (nSPS) is 40.7. The summed E-state index contributed by atoms with van der Waals surface area (Å²) in [6.45, 7) is 11.7. The molecule has 4 atom stereocenters. The average Bonchev–Trinajstić information content (AvgIpc) is 2.27. The lowest BCUT2D eigenvalue weighted by Gasteiger charge is -2.54. The van der Waals surface area contributed by atoms with Gasteiger partial charge >= 0.3 is 0 Å². The van der Waals surface area contributed by atoms with Crippen LogP contribution in [0.5, 0.6) is 0 Å². The number of halogens is 1. The molecule has 0 heterocycles. The minimum absolute atomic E-state index is 0.242. The van der Waals surface area contributed by atoms with Gasteiger partial charge in [0, 0.05) is 10.8 Å². The Morgan fingerprint density at radius 1 is 1.11 bits per heavy atom. The van der Waals surface area contributed by atoms with Crippen molar-refractivity contribution in [3.05, 3.63) is 0 Å². The predicted octanol–water partition coefficient (Wildman–Crippen LogP) is 5.40. The quantitative estimate of drug-likeness (QED) is 0.628. The van der Waals surface area contributed by atoms with E-state index in [1.165, 1.54) is 19.3 Å². The van der Waals surface area contributed by atoms with Gasteiger partial charge in [-0.25, -0.2) is 0 Å². The van der Waals surface area contributed by atoms with Crippen LogP contribution in [0.25, 0.3) is 0 Å². The van der Waals surface area contributed by atoms with Gasteiger partial charge in [-0.2, -0.15) is 0 Å². The van der Waals surface area contributed by atoms with Crippen molar-refractivity contribution < 1.29 is 4.74 Å². The van der Waals surface area contributed by atoms with E-state index in [2.05, 4.69) is 34.6 Å². The van der Waals surface area contributed by atoms with Crippen molar-refractivity contribution in [2.45, 2.75) is 90.7 Å². The standard InChI is InChI=1S/C17H31ClO/c1-6-17(7-2)14(18)9-15(17)19-13-8-12(3)10-16(4,5)11-13/h12-15H,6-11H2,1-5H3. The average molecular weight is 287 g/mol. The second-order valence-corrected chi connectivity index (χ2v) is 8.33. The van der Waals surface area contributed by atoms with Gasteiger partial charge in [-0.15, -0.1) is 11.6 Å². The molecule has 0 spiro atoms. The third kappa shape index (κ3) is 2.97. The molecule has 0 saturated heterocycles. The molecule has 0 radical (unpaired) electrons. The summed E-state index contributed by atoms with van der Waals surface area (Å²) in [4.78, 5) is 0. The first kappa shape index (κ1) is 15.6. The summed E-state index contributed by atoms with van der Waals surface area (Å²) >= 11 is 6.49. The van der Waals surface area contributed by atoms with Crippen LogP contribution in [0.15, 0.2) is 0 Å². The molecule has 112 valence electrons. The van der Waals surface area contributed by atoms with Gasteiger partial charge in [0.1, 0.15) is 0 Å². The monoisotopic (exact) mass is 286 g/mol. The van der Waals surface area contributed by atoms with Gasteiger partial charge < -0.3 is 4.74 Å². The van der Waals surface area contributed by atoms with Crippen molar-refractivity contribution in [2.75, 3.05) is 0 Å². The van der Waals surface area contributed by atoms with Crippen LogP contribution in [0.3, 0.4) is 0 Å². The first-order valence-corrected chi connectivity index (χ1v) is 8.56. The molecule has 2 saturated carbocycles. The fourth-order valence-corrected chi connectivity index (χ4v) is 5.24. The van der Waals surface area contributed by atoms with Crippen LogP contribution in [-0.4, -0.2) is 17.6 Å². The van der Waals surface area contributed by atoms with E-state index in [9.17, 15) is 0 Å². The lowest BCUT2D eigenvalue weighted by atomic mass is 9.62. The number of alkyl halides is 1. The van der Waals surface area contributed by atoms with Crippen LogP contribution in [0.1, 0.15) is 73.1 Å². The van der Waals surface area contributed by atoms with Gasteiger partial charge in [0.15, 0.2) is 0 Å². The molecule has 0 bridgehead atoms. The molecule has 0 aromatic heterocycles. The Hall–Kier alpha value is 0.250. The van der Waals surface area contributed by atoms with Gasteiger partial charge in [0.2, 0.25) is 0 Å². The zero-order valence-corrected chi connectivity index (χ0v) is 14.1. The highest BCUT2D eigenvalue weighted by atomic mass is 35.5. The second-order valence-electron chi connectivity index (χ2n) is 7.80. The molecular formula is C17H31ClO. The van der Waals surface area contributed by atoms with E-state index in [-0.39, 0.29) is 5.41 Å². The third-order valence-electron chi connectivity index (χ3n) is 5.71. The van der Waals surface area contributed by atoms with E-state index in [0.717, 1.165) is 25.2 Å². The summed E-state index contributed by atoms with van der Waals surface area (Å²) in [5.41, 5.74) is 0.680. The fraction of sp³-hybridized carbons (Fsp3) is 1.00. The summed E-state index contributed by atoms with van der Waals surface area (Å²) in [5.74, 6) is 0.790. The predicted molar refractivity (Wildman–Crippen MR) is 82.7 cm³/mol. The molecule has 2 aliphatic rings. The van der Waals surface area contributed by atoms with Gasteiger partial charge in [-0.3, -0.25) is 0 Å². The Labute approximate surface area is 124 Å². The maximum absolute atomic E-state index is 6.52. The molecule has 4 unspecified atom stereocenters. The van der Waals surface area contributed by atoms with Gasteiger partial charge in [-0.1, -0.05) is 34.6 Å². The van der Waals surface area contributed by atoms with Crippen molar-refractivity contribution in [1.82, 2.24) is 0 Å². The van der Waals surface area contributed by atoms with E-state index >= 15 is 0 Å². The van der Waals surface area contributed by atoms with Crippen LogP contribution >= 0.6 is 11.6 Å². The van der Waals surface area contributed by atoms with Crippen molar-refractivity contribution in [3.8, 4) is 0 Å². The number of hydrogen-bond donors (Lipinski definition) is 0. The van der Waals surface area contributed by atoms with Gasteiger partial charge in [0.05, 0.1) is 12.2 Å². The fourth-order valence-electron chi connectivity index (χ4n) is 4.63. The largest absolute Gasteiger partial charge is 0.374 e. The van der Waals surface area contributed by atoms with Gasteiger partial charge in [-0.05, 0) is 49.9 Å². The highest BCUT2D eigenvalue weighted by molar-refractivity contribution is 6.21. The van der Waals surface area contributed by atoms with E-state index in [1.807, 2.05) is 0 Å². The zero-order valence-electron chi connectivity index (χ0n) is 13.3. The molecule has 2 fully saturated rings. The van der Waals surface area contributed by atoms with Crippen molar-refractivity contribution in [3.63, 3.8) is 0 Å². The summed E-state index contributed by atoms with van der Waals surface area (Å²) < 4.78 is 6.52. The molecule has 1 nitrogen and oxygen atoms in total. The highest BCUT2D eigenvalue weighted by Gasteiger charge is 2.53. The molecule has 2 rings (SSSR count). The summed E-state index contributed by atoms with van der Waals surface area (Å²) in [6, 6.07) is 0. The van der Waals surface area contributed by atoms with Crippen LogP contribution in [0.4, 0.5) is 0 Å². The summed E-state index contributed by atoms with van der Waals surface area (Å²) in [7, 11) is 0. The molecule has 0 aromatic rings. The minimum atomic E-state index is 0.242. The molecule has 0 N–H and O–H groups in total. The van der Waals surface area contributed by atoms with Crippen LogP contribution in [0, 0.1) is 16.7 Å². The van der Waals surface area contributed by atoms with Crippen molar-refractivity contribution in [1.29, 1.82) is 0 Å². The molecule has 0 amide bonds. The lowest BCUT2D eigenvalue weighted by molar-refractivity contribution is -0.162. The Bertz CT molecular complexity index is 308. The molecule has 19 heavy (non-hydrogen) atoms. The van der Waals surface area contributed by atoms with Crippen molar-refractivity contribution >= 4 is 11.6 Å². The highest BCUT2D eigenvalue weighted by Crippen LogP contribution is 2.53.